The Hall–Kier alpha value is -0.860. The van der Waals surface area contributed by atoms with Crippen LogP contribution in [0.2, 0.25) is 0 Å². The molecule has 0 aliphatic carbocycles. The van der Waals surface area contributed by atoms with Gasteiger partial charge in [0.2, 0.25) is 0 Å². The van der Waals surface area contributed by atoms with E-state index < -0.39 is 0 Å². The molecule has 2 rings (SSSR count). The number of nitrogens with one attached hydrogen (secondary N) is 1. The number of likely N-dealkylation sites (tertiary alicyclic amines) is 1. The maximum absolute atomic E-state index is 3.73. The van der Waals surface area contributed by atoms with Crippen LogP contribution in [0.1, 0.15) is 38.7 Å². The molecule has 1 aliphatic rings. The summed E-state index contributed by atoms with van der Waals surface area (Å²) in [7, 11) is 0. The molecule has 1 unspecified atom stereocenters. The maximum Gasteiger partial charge on any atom is 0.0234 e. The normalized spacial score (nSPS) is 20.9. The Kier molecular flexibility index (Phi) is 5.87. The molecule has 1 atom stereocenters. The van der Waals surface area contributed by atoms with Crippen LogP contribution in [-0.2, 0) is 6.54 Å². The molecule has 1 aliphatic heterocycles. The van der Waals surface area contributed by atoms with Gasteiger partial charge in [-0.05, 0) is 43.8 Å². The lowest BCUT2D eigenvalue weighted by molar-refractivity contribution is 0.182. The van der Waals surface area contributed by atoms with Crippen molar-refractivity contribution in [2.24, 2.45) is 5.92 Å². The molecule has 0 radical (unpaired) electrons. The minimum absolute atomic E-state index is 0.691. The smallest absolute Gasteiger partial charge is 0.0234 e. The predicted molar refractivity (Wildman–Crippen MR) is 82.2 cm³/mol. The summed E-state index contributed by atoms with van der Waals surface area (Å²) in [4.78, 5) is 2.59. The average Bonchev–Trinajstić information content (AvgIpc) is 2.40. The van der Waals surface area contributed by atoms with E-state index in [1.165, 1.54) is 44.5 Å². The minimum atomic E-state index is 0.691. The van der Waals surface area contributed by atoms with Gasteiger partial charge in [-0.3, -0.25) is 4.90 Å². The lowest BCUT2D eigenvalue weighted by atomic mass is 10.0. The minimum Gasteiger partial charge on any atom is -0.313 e. The molecular formula is C17H28N2. The van der Waals surface area contributed by atoms with E-state index in [-0.39, 0.29) is 0 Å². The van der Waals surface area contributed by atoms with Crippen LogP contribution in [0.25, 0.3) is 0 Å². The predicted octanol–water partition coefficient (Wildman–Crippen LogP) is 3.29. The van der Waals surface area contributed by atoms with Crippen molar-refractivity contribution in [1.82, 2.24) is 10.2 Å². The van der Waals surface area contributed by atoms with Crippen molar-refractivity contribution in [1.29, 1.82) is 0 Å². The van der Waals surface area contributed by atoms with Crippen LogP contribution >= 0.6 is 0 Å². The average molecular weight is 260 g/mol. The lowest BCUT2D eigenvalue weighted by Gasteiger charge is -2.33. The molecule has 1 saturated heterocycles. The summed E-state index contributed by atoms with van der Waals surface area (Å²) in [5.74, 6) is 0.802. The Balaban J connectivity index is 1.74. The first kappa shape index (κ1) is 14.5. The quantitative estimate of drug-likeness (QED) is 0.844. The van der Waals surface area contributed by atoms with E-state index >= 15 is 0 Å². The molecule has 1 heterocycles. The Morgan fingerprint density at radius 2 is 2.05 bits per heavy atom. The maximum atomic E-state index is 3.73. The molecule has 0 bridgehead atoms. The first-order valence-electron chi connectivity index (χ1n) is 7.73. The number of hydrogen-bond acceptors (Lipinski definition) is 2. The molecule has 106 valence electrons. The molecule has 1 N–H and O–H groups in total. The zero-order valence-electron chi connectivity index (χ0n) is 12.4. The molecule has 1 aromatic rings. The van der Waals surface area contributed by atoms with Gasteiger partial charge in [-0.15, -0.1) is 0 Å². The zero-order chi connectivity index (χ0) is 13.5. The van der Waals surface area contributed by atoms with E-state index in [0.29, 0.717) is 6.04 Å². The van der Waals surface area contributed by atoms with Gasteiger partial charge in [0.15, 0.2) is 0 Å². The molecule has 0 spiro atoms. The first-order chi connectivity index (χ1) is 9.24. The Bertz CT molecular complexity index is 348. The molecule has 0 aromatic heterocycles. The van der Waals surface area contributed by atoms with E-state index in [2.05, 4.69) is 54.4 Å². The fourth-order valence-corrected chi connectivity index (χ4v) is 2.78. The lowest BCUT2D eigenvalue weighted by Crippen LogP contribution is -2.45. The summed E-state index contributed by atoms with van der Waals surface area (Å²) < 4.78 is 0. The fraction of sp³-hybridized carbons (Fsp3) is 0.647. The summed E-state index contributed by atoms with van der Waals surface area (Å²) in [6.07, 6.45) is 3.95. The second kappa shape index (κ2) is 7.66. The van der Waals surface area contributed by atoms with E-state index in [1.807, 2.05) is 0 Å². The largest absolute Gasteiger partial charge is 0.313 e. The van der Waals surface area contributed by atoms with Crippen LogP contribution in [0.15, 0.2) is 30.3 Å². The third kappa shape index (κ3) is 5.33. The Morgan fingerprint density at radius 1 is 1.26 bits per heavy atom. The van der Waals surface area contributed by atoms with Crippen molar-refractivity contribution in [3.8, 4) is 0 Å². The monoisotopic (exact) mass is 260 g/mol. The van der Waals surface area contributed by atoms with Gasteiger partial charge >= 0.3 is 0 Å². The van der Waals surface area contributed by atoms with Crippen LogP contribution in [-0.4, -0.2) is 30.6 Å². The molecule has 0 saturated carbocycles. The van der Waals surface area contributed by atoms with Gasteiger partial charge in [0.1, 0.15) is 0 Å². The van der Waals surface area contributed by atoms with Gasteiger partial charge in [-0.25, -0.2) is 0 Å². The zero-order valence-corrected chi connectivity index (χ0v) is 12.4. The Morgan fingerprint density at radius 3 is 2.79 bits per heavy atom. The molecule has 2 nitrogen and oxygen atoms in total. The molecule has 1 aromatic carbocycles. The highest BCUT2D eigenvalue weighted by Gasteiger charge is 2.19. The molecule has 2 heteroatoms. The van der Waals surface area contributed by atoms with Gasteiger partial charge in [0.05, 0.1) is 0 Å². The van der Waals surface area contributed by atoms with E-state index in [1.54, 1.807) is 0 Å². The van der Waals surface area contributed by atoms with Crippen LogP contribution in [0, 0.1) is 5.92 Å². The highest BCUT2D eigenvalue weighted by Crippen LogP contribution is 2.14. The van der Waals surface area contributed by atoms with Crippen molar-refractivity contribution >= 4 is 0 Å². The van der Waals surface area contributed by atoms with Crippen molar-refractivity contribution in [3.05, 3.63) is 35.9 Å². The van der Waals surface area contributed by atoms with Gasteiger partial charge in [-0.1, -0.05) is 44.2 Å². The van der Waals surface area contributed by atoms with Crippen molar-refractivity contribution in [2.75, 3.05) is 19.6 Å². The molecule has 1 fully saturated rings. The van der Waals surface area contributed by atoms with E-state index in [0.717, 1.165) is 12.5 Å². The third-order valence-corrected chi connectivity index (χ3v) is 3.91. The number of nitrogens with zero attached hydrogens (tertiary/aromatic N) is 1. The number of rotatable bonds is 6. The summed E-state index contributed by atoms with van der Waals surface area (Å²) in [5.41, 5.74) is 1.44. The Labute approximate surface area is 118 Å². The number of benzene rings is 1. The van der Waals surface area contributed by atoms with Crippen LogP contribution < -0.4 is 5.32 Å². The standard InChI is InChI=1S/C17H28N2/c1-15(2)10-11-18-17-9-6-12-19(14-17)13-16-7-4-3-5-8-16/h3-5,7-8,15,17-18H,6,9-14H2,1-2H3. The second-order valence-electron chi connectivity index (χ2n) is 6.20. The third-order valence-electron chi connectivity index (χ3n) is 3.91. The van der Waals surface area contributed by atoms with E-state index in [4.69, 9.17) is 0 Å². The van der Waals surface area contributed by atoms with Crippen LogP contribution in [0.5, 0.6) is 0 Å². The highest BCUT2D eigenvalue weighted by atomic mass is 15.2. The van der Waals surface area contributed by atoms with Gasteiger partial charge < -0.3 is 5.32 Å². The summed E-state index contributed by atoms with van der Waals surface area (Å²) in [6, 6.07) is 11.5. The fourth-order valence-electron chi connectivity index (χ4n) is 2.78. The molecule has 0 amide bonds. The highest BCUT2D eigenvalue weighted by molar-refractivity contribution is 5.14. The van der Waals surface area contributed by atoms with Crippen LogP contribution in [0.3, 0.4) is 0 Å². The number of hydrogen-bond donors (Lipinski definition) is 1. The second-order valence-corrected chi connectivity index (χ2v) is 6.20. The van der Waals surface area contributed by atoms with Gasteiger partial charge in [0.25, 0.3) is 0 Å². The van der Waals surface area contributed by atoms with E-state index in [9.17, 15) is 0 Å². The van der Waals surface area contributed by atoms with Crippen LogP contribution in [0.4, 0.5) is 0 Å². The van der Waals surface area contributed by atoms with Gasteiger partial charge in [-0.2, -0.15) is 0 Å². The topological polar surface area (TPSA) is 15.3 Å². The SMILES string of the molecule is CC(C)CCNC1CCCN(Cc2ccccc2)C1. The molecule has 19 heavy (non-hydrogen) atoms. The molecular weight excluding hydrogens is 232 g/mol. The van der Waals surface area contributed by atoms with Crippen molar-refractivity contribution < 1.29 is 0 Å². The summed E-state index contributed by atoms with van der Waals surface area (Å²) in [6.45, 7) is 9.31. The first-order valence-corrected chi connectivity index (χ1v) is 7.73. The summed E-state index contributed by atoms with van der Waals surface area (Å²) >= 11 is 0. The number of piperidine rings is 1. The van der Waals surface area contributed by atoms with Crippen molar-refractivity contribution in [3.63, 3.8) is 0 Å². The van der Waals surface area contributed by atoms with Crippen molar-refractivity contribution in [2.45, 2.75) is 45.7 Å². The van der Waals surface area contributed by atoms with Gasteiger partial charge in [0, 0.05) is 19.1 Å². The summed E-state index contributed by atoms with van der Waals surface area (Å²) in [5, 5.41) is 3.73.